The van der Waals surface area contributed by atoms with Crippen molar-refractivity contribution in [2.45, 2.75) is 44.9 Å². The Hall–Kier alpha value is -4.63. The molecular formula is C32H31NO7S. The van der Waals surface area contributed by atoms with E-state index in [0.717, 1.165) is 22.3 Å². The summed E-state index contributed by atoms with van der Waals surface area (Å²) >= 11 is 1.55. The largest absolute Gasteiger partial charge is 0.489 e. The van der Waals surface area contributed by atoms with Gasteiger partial charge in [0.1, 0.15) is 30.3 Å². The van der Waals surface area contributed by atoms with Crippen molar-refractivity contribution >= 4 is 29.2 Å². The van der Waals surface area contributed by atoms with Gasteiger partial charge in [-0.3, -0.25) is 9.59 Å². The molecule has 8 nitrogen and oxygen atoms in total. The highest BCUT2D eigenvalue weighted by Gasteiger charge is 2.25. The van der Waals surface area contributed by atoms with Gasteiger partial charge >= 0.3 is 11.9 Å². The first-order chi connectivity index (χ1) is 19.8. The predicted molar refractivity (Wildman–Crippen MR) is 156 cm³/mol. The van der Waals surface area contributed by atoms with E-state index < -0.39 is 30.0 Å². The Labute approximate surface area is 242 Å². The molecule has 3 N–H and O–H groups in total. The topological polar surface area (TPSA) is 122 Å². The summed E-state index contributed by atoms with van der Waals surface area (Å²) in [5.41, 5.74) is 3.57. The van der Waals surface area contributed by atoms with Crippen molar-refractivity contribution in [3.05, 3.63) is 117 Å². The Morgan fingerprint density at radius 1 is 0.927 bits per heavy atom. The molecule has 4 aromatic rings. The molecule has 4 rings (SSSR count). The van der Waals surface area contributed by atoms with Crippen molar-refractivity contribution in [1.29, 1.82) is 0 Å². The van der Waals surface area contributed by atoms with Gasteiger partial charge < -0.3 is 25.0 Å². The van der Waals surface area contributed by atoms with Crippen LogP contribution >= 0.6 is 11.3 Å². The van der Waals surface area contributed by atoms with Gasteiger partial charge in [-0.2, -0.15) is 11.3 Å². The van der Waals surface area contributed by atoms with Gasteiger partial charge in [0, 0.05) is 18.9 Å². The summed E-state index contributed by atoms with van der Waals surface area (Å²) in [7, 11) is 0. The Balaban J connectivity index is 1.65. The Kier molecular flexibility index (Phi) is 10.1. The summed E-state index contributed by atoms with van der Waals surface area (Å²) in [6, 6.07) is 22.0. The number of ether oxygens (including phenoxy) is 2. The second kappa shape index (κ2) is 14.1. The molecule has 41 heavy (non-hydrogen) atoms. The predicted octanol–water partition coefficient (Wildman–Crippen LogP) is 6.05. The lowest BCUT2D eigenvalue weighted by atomic mass is 9.99. The van der Waals surface area contributed by atoms with Crippen LogP contribution in [0.2, 0.25) is 0 Å². The summed E-state index contributed by atoms with van der Waals surface area (Å²) in [6.07, 6.45) is -0.560. The van der Waals surface area contributed by atoms with Crippen molar-refractivity contribution in [2.75, 3.05) is 0 Å². The first-order valence-electron chi connectivity index (χ1n) is 13.1. The van der Waals surface area contributed by atoms with Crippen LogP contribution < -0.4 is 14.8 Å². The van der Waals surface area contributed by atoms with Gasteiger partial charge in [-0.15, -0.1) is 0 Å². The number of aryl methyl sites for hydroxylation is 1. The highest BCUT2D eigenvalue weighted by Crippen LogP contribution is 2.33. The maximum Gasteiger partial charge on any atom is 0.326 e. The molecule has 212 valence electrons. The molecule has 0 aliphatic heterocycles. The van der Waals surface area contributed by atoms with E-state index >= 15 is 0 Å². The van der Waals surface area contributed by atoms with Gasteiger partial charge in [-0.05, 0) is 64.6 Å². The molecule has 0 bridgehead atoms. The van der Waals surface area contributed by atoms with E-state index in [9.17, 15) is 24.6 Å². The van der Waals surface area contributed by atoms with E-state index in [4.69, 9.17) is 9.47 Å². The zero-order valence-electron chi connectivity index (χ0n) is 22.5. The van der Waals surface area contributed by atoms with Crippen molar-refractivity contribution in [3.8, 4) is 11.5 Å². The average molecular weight is 574 g/mol. The minimum absolute atomic E-state index is 0.102. The van der Waals surface area contributed by atoms with E-state index in [2.05, 4.69) is 5.32 Å². The minimum atomic E-state index is -1.17. The molecule has 1 heterocycles. The number of hydrogen-bond donors (Lipinski definition) is 3. The summed E-state index contributed by atoms with van der Waals surface area (Å²) < 4.78 is 12.3. The number of thiophene rings is 1. The molecule has 0 fully saturated rings. The van der Waals surface area contributed by atoms with Crippen molar-refractivity contribution < 1.29 is 34.1 Å². The maximum absolute atomic E-state index is 13.5. The van der Waals surface area contributed by atoms with Gasteiger partial charge in [0.25, 0.3) is 5.91 Å². The SMILES string of the molecule is Cc1ccccc1[C@H](CCC(=O)O)Oc1cc(OCc2ccsc2)ccc1C(=O)N[C@H](Cc1ccccc1)C(=O)O. The lowest BCUT2D eigenvalue weighted by Gasteiger charge is -2.23. The zero-order chi connectivity index (χ0) is 29.2. The molecule has 3 aromatic carbocycles. The summed E-state index contributed by atoms with van der Waals surface area (Å²) in [6.45, 7) is 2.22. The third-order valence-corrected chi connectivity index (χ3v) is 7.23. The highest BCUT2D eigenvalue weighted by molar-refractivity contribution is 7.07. The third-order valence-electron chi connectivity index (χ3n) is 6.49. The smallest absolute Gasteiger partial charge is 0.326 e. The molecule has 1 amide bonds. The molecule has 9 heteroatoms. The standard InChI is InChI=1S/C32H31NO7S/c1-21-7-5-6-10-25(21)28(13-14-30(34)35)40-29-18-24(39-19-23-15-16-41-20-23)11-12-26(29)31(36)33-27(32(37)38)17-22-8-3-2-4-9-22/h2-12,15-16,18,20,27-28H,13-14,17,19H2,1H3,(H,33,36)(H,34,35)(H,37,38)/t27-,28+/m1/s1. The molecule has 1 aromatic heterocycles. The molecule has 0 saturated heterocycles. The highest BCUT2D eigenvalue weighted by atomic mass is 32.1. The van der Waals surface area contributed by atoms with Gasteiger partial charge in [0.05, 0.1) is 5.56 Å². The number of hydrogen-bond acceptors (Lipinski definition) is 6. The van der Waals surface area contributed by atoms with E-state index in [-0.39, 0.29) is 30.6 Å². The number of rotatable bonds is 14. The van der Waals surface area contributed by atoms with Crippen LogP contribution in [0.25, 0.3) is 0 Å². The van der Waals surface area contributed by atoms with Gasteiger partial charge in [-0.1, -0.05) is 54.6 Å². The van der Waals surface area contributed by atoms with Crippen LogP contribution in [-0.2, 0) is 22.6 Å². The van der Waals surface area contributed by atoms with Gasteiger partial charge in [-0.25, -0.2) is 4.79 Å². The second-order valence-electron chi connectivity index (χ2n) is 9.53. The van der Waals surface area contributed by atoms with Crippen molar-refractivity contribution in [2.24, 2.45) is 0 Å². The van der Waals surface area contributed by atoms with E-state index in [1.807, 2.05) is 54.1 Å². The lowest BCUT2D eigenvalue weighted by molar-refractivity contribution is -0.139. The van der Waals surface area contributed by atoms with Gasteiger partial charge in [0.15, 0.2) is 0 Å². The number of amides is 1. The summed E-state index contributed by atoms with van der Waals surface area (Å²) in [5.74, 6) is -2.16. The van der Waals surface area contributed by atoms with E-state index in [1.165, 1.54) is 6.07 Å². The first-order valence-corrected chi connectivity index (χ1v) is 14.0. The Bertz CT molecular complexity index is 1470. The van der Waals surface area contributed by atoms with E-state index in [1.54, 1.807) is 47.7 Å². The van der Waals surface area contributed by atoms with Gasteiger partial charge in [0.2, 0.25) is 0 Å². The number of carbonyl (C=O) groups is 3. The van der Waals surface area contributed by atoms with Crippen molar-refractivity contribution in [1.82, 2.24) is 5.32 Å². The normalized spacial score (nSPS) is 12.2. The number of nitrogens with one attached hydrogen (secondary N) is 1. The van der Waals surface area contributed by atoms with Crippen LogP contribution in [0, 0.1) is 6.92 Å². The van der Waals surface area contributed by atoms with Crippen LogP contribution in [0.3, 0.4) is 0 Å². The number of aliphatic carboxylic acids is 2. The van der Waals surface area contributed by atoms with Crippen LogP contribution in [-0.4, -0.2) is 34.1 Å². The summed E-state index contributed by atoms with van der Waals surface area (Å²) in [4.78, 5) is 37.0. The van der Waals surface area contributed by atoms with Crippen LogP contribution in [0.1, 0.15) is 51.6 Å². The number of carbonyl (C=O) groups excluding carboxylic acids is 1. The monoisotopic (exact) mass is 573 g/mol. The van der Waals surface area contributed by atoms with E-state index in [0.29, 0.717) is 12.4 Å². The lowest BCUT2D eigenvalue weighted by Crippen LogP contribution is -2.42. The molecule has 0 aliphatic rings. The fourth-order valence-corrected chi connectivity index (χ4v) is 4.99. The second-order valence-corrected chi connectivity index (χ2v) is 10.3. The minimum Gasteiger partial charge on any atom is -0.489 e. The fourth-order valence-electron chi connectivity index (χ4n) is 4.34. The van der Waals surface area contributed by atoms with Crippen LogP contribution in [0.15, 0.2) is 89.6 Å². The number of benzene rings is 3. The zero-order valence-corrected chi connectivity index (χ0v) is 23.3. The van der Waals surface area contributed by atoms with Crippen molar-refractivity contribution in [3.63, 3.8) is 0 Å². The molecular weight excluding hydrogens is 542 g/mol. The van der Waals surface area contributed by atoms with Crippen LogP contribution in [0.5, 0.6) is 11.5 Å². The molecule has 0 unspecified atom stereocenters. The quantitative estimate of drug-likeness (QED) is 0.168. The Morgan fingerprint density at radius 3 is 2.37 bits per heavy atom. The Morgan fingerprint density at radius 2 is 1.68 bits per heavy atom. The number of carboxylic acids is 2. The first kappa shape index (κ1) is 29.4. The molecule has 2 atom stereocenters. The molecule has 0 saturated carbocycles. The number of carboxylic acid groups (broad SMARTS) is 2. The molecule has 0 spiro atoms. The fraction of sp³-hybridized carbons (Fsp3) is 0.219. The molecule has 0 radical (unpaired) electrons. The van der Waals surface area contributed by atoms with Crippen LogP contribution in [0.4, 0.5) is 0 Å². The average Bonchev–Trinajstić information content (AvgIpc) is 3.48. The molecule has 0 aliphatic carbocycles. The maximum atomic E-state index is 13.5. The summed E-state index contributed by atoms with van der Waals surface area (Å²) in [5, 5.41) is 25.7. The third kappa shape index (κ3) is 8.43.